The molecule has 0 aliphatic heterocycles. The third-order valence-electron chi connectivity index (χ3n) is 2.72. The molecule has 0 radical (unpaired) electrons. The smallest absolute Gasteiger partial charge is 0.191 e. The summed E-state index contributed by atoms with van der Waals surface area (Å²) in [6, 6.07) is 6.16. The molecular weight excluding hydrogens is 251 g/mol. The number of aryl methyl sites for hydroxylation is 1. The van der Waals surface area contributed by atoms with E-state index in [1.165, 1.54) is 23.9 Å². The summed E-state index contributed by atoms with van der Waals surface area (Å²) in [4.78, 5) is 0. The summed E-state index contributed by atoms with van der Waals surface area (Å²) in [6.45, 7) is 1.89. The molecule has 0 saturated heterocycles. The summed E-state index contributed by atoms with van der Waals surface area (Å²) >= 11 is 1.52. The molecule has 2 aromatic rings. The first kappa shape index (κ1) is 13.0. The van der Waals surface area contributed by atoms with Crippen LogP contribution in [0, 0.1) is 12.7 Å². The van der Waals surface area contributed by atoms with Crippen LogP contribution in [-0.4, -0.2) is 20.5 Å². The van der Waals surface area contributed by atoms with Gasteiger partial charge in [0.05, 0.1) is 0 Å². The second-order valence-corrected chi connectivity index (χ2v) is 5.05. The molecule has 1 aromatic carbocycles. The van der Waals surface area contributed by atoms with Gasteiger partial charge in [-0.05, 0) is 24.6 Å². The molecule has 0 amide bonds. The van der Waals surface area contributed by atoms with Crippen LogP contribution in [0.2, 0.25) is 0 Å². The Morgan fingerprint density at radius 1 is 1.44 bits per heavy atom. The van der Waals surface area contributed by atoms with E-state index in [4.69, 9.17) is 5.73 Å². The fourth-order valence-electron chi connectivity index (χ4n) is 1.51. The highest BCUT2D eigenvalue weighted by molar-refractivity contribution is 7.99. The Balaban J connectivity index is 2.00. The Bertz CT molecular complexity index is 541. The zero-order valence-electron chi connectivity index (χ0n) is 10.3. The lowest BCUT2D eigenvalue weighted by atomic mass is 10.1. The lowest BCUT2D eigenvalue weighted by Crippen LogP contribution is -2.13. The molecule has 1 aromatic heterocycles. The topological polar surface area (TPSA) is 56.7 Å². The van der Waals surface area contributed by atoms with Crippen LogP contribution in [0.1, 0.15) is 17.4 Å². The minimum absolute atomic E-state index is 0.220. The Morgan fingerprint density at radius 2 is 2.22 bits per heavy atom. The normalized spacial score (nSPS) is 12.7. The van der Waals surface area contributed by atoms with Crippen LogP contribution in [0.15, 0.2) is 29.4 Å². The largest absolute Gasteiger partial charge is 0.323 e. The zero-order chi connectivity index (χ0) is 13.1. The average molecular weight is 266 g/mol. The molecule has 2 rings (SSSR count). The van der Waals surface area contributed by atoms with E-state index in [1.54, 1.807) is 6.07 Å². The van der Waals surface area contributed by atoms with Crippen molar-refractivity contribution in [3.05, 3.63) is 41.5 Å². The number of halogens is 1. The number of aromatic nitrogens is 3. The number of benzene rings is 1. The lowest BCUT2D eigenvalue weighted by molar-refractivity contribution is 0.622. The van der Waals surface area contributed by atoms with E-state index >= 15 is 0 Å². The number of rotatable bonds is 4. The zero-order valence-corrected chi connectivity index (χ0v) is 11.1. The third-order valence-corrected chi connectivity index (χ3v) is 3.86. The molecule has 4 nitrogen and oxygen atoms in total. The number of hydrogen-bond acceptors (Lipinski definition) is 4. The van der Waals surface area contributed by atoms with E-state index in [2.05, 4.69) is 10.2 Å². The maximum atomic E-state index is 13.1. The summed E-state index contributed by atoms with van der Waals surface area (Å²) in [5.74, 6) is 1.23. The number of hydrogen-bond donors (Lipinski definition) is 1. The maximum Gasteiger partial charge on any atom is 0.191 e. The van der Waals surface area contributed by atoms with Crippen LogP contribution >= 0.6 is 11.8 Å². The monoisotopic (exact) mass is 266 g/mol. The minimum atomic E-state index is -0.262. The molecule has 0 spiro atoms. The fourth-order valence-corrected chi connectivity index (χ4v) is 2.46. The standard InChI is InChI=1S/C12H15FN4S/c1-8-15-16-12(17(8)2)18-7-11(14)9-4-3-5-10(13)6-9/h3-6,11H,7,14H2,1-2H3. The first-order valence-electron chi connectivity index (χ1n) is 5.58. The third kappa shape index (κ3) is 2.88. The Morgan fingerprint density at radius 3 is 2.83 bits per heavy atom. The number of nitrogens with two attached hydrogens (primary N) is 1. The van der Waals surface area contributed by atoms with Gasteiger partial charge in [-0.25, -0.2) is 4.39 Å². The molecule has 2 N–H and O–H groups in total. The van der Waals surface area contributed by atoms with Gasteiger partial charge in [-0.2, -0.15) is 0 Å². The van der Waals surface area contributed by atoms with Crippen LogP contribution in [0.25, 0.3) is 0 Å². The van der Waals surface area contributed by atoms with Crippen molar-refractivity contribution in [3.8, 4) is 0 Å². The minimum Gasteiger partial charge on any atom is -0.323 e. The van der Waals surface area contributed by atoms with E-state index in [1.807, 2.05) is 24.6 Å². The van der Waals surface area contributed by atoms with E-state index in [-0.39, 0.29) is 11.9 Å². The van der Waals surface area contributed by atoms with Crippen molar-refractivity contribution >= 4 is 11.8 Å². The summed E-state index contributed by atoms with van der Waals surface area (Å²) < 4.78 is 15.0. The lowest BCUT2D eigenvalue weighted by Gasteiger charge is -2.11. The quantitative estimate of drug-likeness (QED) is 0.861. The van der Waals surface area contributed by atoms with Crippen molar-refractivity contribution in [3.63, 3.8) is 0 Å². The predicted octanol–water partition coefficient (Wildman–Crippen LogP) is 2.05. The van der Waals surface area contributed by atoms with Gasteiger partial charge in [-0.3, -0.25) is 0 Å². The Kier molecular flexibility index (Phi) is 3.98. The molecule has 1 heterocycles. The Labute approximate surface area is 109 Å². The molecule has 1 unspecified atom stereocenters. The second kappa shape index (κ2) is 5.49. The maximum absolute atomic E-state index is 13.1. The SMILES string of the molecule is Cc1nnc(SCC(N)c2cccc(F)c2)n1C. The molecular formula is C12H15FN4S. The highest BCUT2D eigenvalue weighted by Gasteiger charge is 2.11. The molecule has 96 valence electrons. The van der Waals surface area contributed by atoms with Crippen molar-refractivity contribution in [2.75, 3.05) is 5.75 Å². The summed E-state index contributed by atoms with van der Waals surface area (Å²) in [7, 11) is 1.91. The summed E-state index contributed by atoms with van der Waals surface area (Å²) in [5, 5.41) is 8.84. The van der Waals surface area contributed by atoms with Crippen molar-refractivity contribution in [1.82, 2.24) is 14.8 Å². The van der Waals surface area contributed by atoms with Gasteiger partial charge in [-0.15, -0.1) is 10.2 Å². The molecule has 1 atom stereocenters. The highest BCUT2D eigenvalue weighted by atomic mass is 32.2. The van der Waals surface area contributed by atoms with Crippen molar-refractivity contribution in [2.45, 2.75) is 18.1 Å². The van der Waals surface area contributed by atoms with Crippen LogP contribution in [0.3, 0.4) is 0 Å². The number of thioether (sulfide) groups is 1. The van der Waals surface area contributed by atoms with E-state index in [9.17, 15) is 4.39 Å². The van der Waals surface area contributed by atoms with Gasteiger partial charge in [0.15, 0.2) is 5.16 Å². The molecule has 18 heavy (non-hydrogen) atoms. The van der Waals surface area contributed by atoms with Crippen LogP contribution < -0.4 is 5.73 Å². The molecule has 6 heteroatoms. The van der Waals surface area contributed by atoms with Gasteiger partial charge < -0.3 is 10.3 Å². The predicted molar refractivity (Wildman–Crippen MR) is 69.8 cm³/mol. The van der Waals surface area contributed by atoms with Crippen molar-refractivity contribution < 1.29 is 4.39 Å². The first-order valence-corrected chi connectivity index (χ1v) is 6.56. The Hall–Kier alpha value is -1.40. The van der Waals surface area contributed by atoms with Gasteiger partial charge in [0.2, 0.25) is 0 Å². The van der Waals surface area contributed by atoms with Crippen LogP contribution in [0.4, 0.5) is 4.39 Å². The van der Waals surface area contributed by atoms with Crippen molar-refractivity contribution in [1.29, 1.82) is 0 Å². The van der Waals surface area contributed by atoms with Gasteiger partial charge in [-0.1, -0.05) is 23.9 Å². The summed E-state index contributed by atoms with van der Waals surface area (Å²) in [5.41, 5.74) is 6.82. The molecule has 0 bridgehead atoms. The number of nitrogens with zero attached hydrogens (tertiary/aromatic N) is 3. The first-order chi connectivity index (χ1) is 8.58. The van der Waals surface area contributed by atoms with Gasteiger partial charge in [0.1, 0.15) is 11.6 Å². The van der Waals surface area contributed by atoms with Crippen molar-refractivity contribution in [2.24, 2.45) is 12.8 Å². The average Bonchev–Trinajstić information content (AvgIpc) is 2.67. The molecule has 0 fully saturated rings. The fraction of sp³-hybridized carbons (Fsp3) is 0.333. The van der Waals surface area contributed by atoms with Gasteiger partial charge in [0, 0.05) is 18.8 Å². The molecule has 0 aliphatic rings. The molecule has 0 aliphatic carbocycles. The van der Waals surface area contributed by atoms with E-state index in [0.29, 0.717) is 5.75 Å². The highest BCUT2D eigenvalue weighted by Crippen LogP contribution is 2.22. The van der Waals surface area contributed by atoms with E-state index < -0.39 is 0 Å². The molecule has 0 saturated carbocycles. The second-order valence-electron chi connectivity index (χ2n) is 4.06. The summed E-state index contributed by atoms with van der Waals surface area (Å²) in [6.07, 6.45) is 0. The van der Waals surface area contributed by atoms with E-state index in [0.717, 1.165) is 16.5 Å². The van der Waals surface area contributed by atoms with Gasteiger partial charge in [0.25, 0.3) is 0 Å². The van der Waals surface area contributed by atoms with Crippen LogP contribution in [0.5, 0.6) is 0 Å². The van der Waals surface area contributed by atoms with Crippen LogP contribution in [-0.2, 0) is 7.05 Å². The van der Waals surface area contributed by atoms with Gasteiger partial charge >= 0.3 is 0 Å².